The maximum absolute atomic E-state index is 12.2. The lowest BCUT2D eigenvalue weighted by Gasteiger charge is -2.39. The van der Waals surface area contributed by atoms with Crippen molar-refractivity contribution in [3.8, 4) is 0 Å². The number of carbonyl (C=O) groups excluding carboxylic acids is 1. The van der Waals surface area contributed by atoms with Crippen molar-refractivity contribution in [2.45, 2.75) is 6.42 Å². The second-order valence-corrected chi connectivity index (χ2v) is 6.69. The van der Waals surface area contributed by atoms with E-state index in [0.717, 1.165) is 30.8 Å². The van der Waals surface area contributed by atoms with Gasteiger partial charge < -0.3 is 9.47 Å². The molecule has 0 saturated carbocycles. The molecule has 0 aliphatic carbocycles. The maximum Gasteiger partial charge on any atom is 0.254 e. The Hall–Kier alpha value is -2.14. The van der Waals surface area contributed by atoms with Crippen LogP contribution in [0.1, 0.15) is 16.1 Å². The second kappa shape index (κ2) is 5.25. The molecule has 0 radical (unpaired) electrons. The molecule has 1 aliphatic rings. The number of thiophene rings is 1. The molecule has 3 aromatic rings. The molecule has 0 unspecified atom stereocenters. The van der Waals surface area contributed by atoms with Gasteiger partial charge in [-0.1, -0.05) is 0 Å². The largest absolute Gasteiger partial charge is 0.349 e. The molecule has 1 fully saturated rings. The summed E-state index contributed by atoms with van der Waals surface area (Å²) in [6, 6.07) is 6.06. The highest BCUT2D eigenvalue weighted by Crippen LogP contribution is 2.26. The molecule has 1 aliphatic heterocycles. The van der Waals surface area contributed by atoms with Crippen molar-refractivity contribution in [3.63, 3.8) is 0 Å². The average Bonchev–Trinajstić information content (AvgIpc) is 3.12. The summed E-state index contributed by atoms with van der Waals surface area (Å²) in [7, 11) is 2.06. The maximum atomic E-state index is 12.2. The van der Waals surface area contributed by atoms with Gasteiger partial charge in [-0.2, -0.15) is 11.3 Å². The molecule has 22 heavy (non-hydrogen) atoms. The number of aromatic nitrogens is 2. The van der Waals surface area contributed by atoms with Gasteiger partial charge in [0.05, 0.1) is 16.8 Å². The Morgan fingerprint density at radius 1 is 1.36 bits per heavy atom. The van der Waals surface area contributed by atoms with Gasteiger partial charge >= 0.3 is 0 Å². The van der Waals surface area contributed by atoms with Crippen molar-refractivity contribution in [1.82, 2.24) is 14.5 Å². The number of amides is 1. The van der Waals surface area contributed by atoms with Crippen molar-refractivity contribution in [2.75, 3.05) is 13.1 Å². The molecule has 0 bridgehead atoms. The van der Waals surface area contributed by atoms with Crippen LogP contribution in [0.15, 0.2) is 41.4 Å². The fourth-order valence-corrected chi connectivity index (χ4v) is 3.81. The lowest BCUT2D eigenvalue weighted by Crippen LogP contribution is -2.50. The quantitative estimate of drug-likeness (QED) is 0.746. The van der Waals surface area contributed by atoms with Gasteiger partial charge in [-0.3, -0.25) is 9.78 Å². The number of nitrogens with zero attached hydrogens (tertiary/aromatic N) is 3. The van der Waals surface area contributed by atoms with E-state index in [4.69, 9.17) is 0 Å². The van der Waals surface area contributed by atoms with Crippen LogP contribution < -0.4 is 0 Å². The van der Waals surface area contributed by atoms with E-state index in [1.807, 2.05) is 34.0 Å². The third-order valence-electron chi connectivity index (χ3n) is 4.36. The van der Waals surface area contributed by atoms with Gasteiger partial charge in [-0.15, -0.1) is 0 Å². The Morgan fingerprint density at radius 3 is 3.00 bits per heavy atom. The number of aryl methyl sites for hydroxylation is 1. The zero-order chi connectivity index (χ0) is 15.1. The van der Waals surface area contributed by atoms with Crippen LogP contribution in [0.4, 0.5) is 0 Å². The van der Waals surface area contributed by atoms with Gasteiger partial charge in [-0.25, -0.2) is 0 Å². The van der Waals surface area contributed by atoms with E-state index in [-0.39, 0.29) is 5.91 Å². The lowest BCUT2D eigenvalue weighted by molar-refractivity contribution is 0.0500. The fraction of sp³-hybridized carbons (Fsp3) is 0.294. The lowest BCUT2D eigenvalue weighted by atomic mass is 9.93. The molecule has 0 aromatic carbocycles. The minimum atomic E-state index is 0.155. The van der Waals surface area contributed by atoms with E-state index in [1.165, 1.54) is 10.9 Å². The standard InChI is InChI=1S/C17H17N3OS/c1-19-6-3-13-2-5-18-15(16(13)19)8-12-9-20(10-12)17(21)14-4-7-22-11-14/h2-7,11-12H,8-10H2,1H3. The summed E-state index contributed by atoms with van der Waals surface area (Å²) in [6.07, 6.45) is 4.89. The first-order valence-corrected chi connectivity index (χ1v) is 8.37. The van der Waals surface area contributed by atoms with Gasteiger partial charge in [0, 0.05) is 43.3 Å². The summed E-state index contributed by atoms with van der Waals surface area (Å²) in [6.45, 7) is 1.66. The smallest absolute Gasteiger partial charge is 0.254 e. The monoisotopic (exact) mass is 311 g/mol. The molecule has 112 valence electrons. The second-order valence-electron chi connectivity index (χ2n) is 5.91. The van der Waals surface area contributed by atoms with E-state index in [2.05, 4.69) is 28.9 Å². The Labute approximate surface area is 133 Å². The summed E-state index contributed by atoms with van der Waals surface area (Å²) in [5, 5.41) is 5.10. The number of likely N-dealkylation sites (tertiary alicyclic amines) is 1. The third kappa shape index (κ3) is 2.22. The summed E-state index contributed by atoms with van der Waals surface area (Å²) in [5.41, 5.74) is 3.16. The summed E-state index contributed by atoms with van der Waals surface area (Å²) >= 11 is 1.57. The highest BCUT2D eigenvalue weighted by molar-refractivity contribution is 7.08. The minimum absolute atomic E-state index is 0.155. The molecule has 3 aromatic heterocycles. The molecule has 5 heteroatoms. The molecule has 0 N–H and O–H groups in total. The van der Waals surface area contributed by atoms with Crippen LogP contribution in [0.2, 0.25) is 0 Å². The Bertz CT molecular complexity index is 816. The number of carbonyl (C=O) groups is 1. The number of fused-ring (bicyclic) bond motifs is 1. The Balaban J connectivity index is 1.45. The zero-order valence-corrected chi connectivity index (χ0v) is 13.2. The van der Waals surface area contributed by atoms with Crippen LogP contribution in [-0.2, 0) is 13.5 Å². The molecule has 1 saturated heterocycles. The van der Waals surface area contributed by atoms with Crippen LogP contribution >= 0.6 is 11.3 Å². The number of rotatable bonds is 3. The fourth-order valence-electron chi connectivity index (χ4n) is 3.18. The van der Waals surface area contributed by atoms with Crippen molar-refractivity contribution < 1.29 is 4.79 Å². The molecular formula is C17H17N3OS. The van der Waals surface area contributed by atoms with E-state index in [0.29, 0.717) is 5.92 Å². The van der Waals surface area contributed by atoms with Crippen molar-refractivity contribution in [2.24, 2.45) is 13.0 Å². The van der Waals surface area contributed by atoms with Gasteiger partial charge in [0.15, 0.2) is 0 Å². The van der Waals surface area contributed by atoms with E-state index in [9.17, 15) is 4.79 Å². The minimum Gasteiger partial charge on any atom is -0.349 e. The molecule has 4 nitrogen and oxygen atoms in total. The Kier molecular flexibility index (Phi) is 3.22. The van der Waals surface area contributed by atoms with Crippen molar-refractivity contribution in [1.29, 1.82) is 0 Å². The Morgan fingerprint density at radius 2 is 2.23 bits per heavy atom. The predicted octanol–water partition coefficient (Wildman–Crippen LogP) is 2.95. The normalized spacial score (nSPS) is 15.2. The van der Waals surface area contributed by atoms with Crippen LogP contribution in [-0.4, -0.2) is 33.4 Å². The van der Waals surface area contributed by atoms with Gasteiger partial charge in [0.25, 0.3) is 5.91 Å². The molecular weight excluding hydrogens is 294 g/mol. The van der Waals surface area contributed by atoms with Crippen LogP contribution in [0.3, 0.4) is 0 Å². The molecule has 4 heterocycles. The molecule has 1 amide bonds. The number of hydrogen-bond acceptors (Lipinski definition) is 3. The highest BCUT2D eigenvalue weighted by Gasteiger charge is 2.32. The SMILES string of the molecule is Cn1ccc2ccnc(CC3CN(C(=O)c4ccsc4)C3)c21. The van der Waals surface area contributed by atoms with Crippen LogP contribution in [0.25, 0.3) is 10.9 Å². The summed E-state index contributed by atoms with van der Waals surface area (Å²) < 4.78 is 2.13. The van der Waals surface area contributed by atoms with Crippen molar-refractivity contribution >= 4 is 28.1 Å². The van der Waals surface area contributed by atoms with Gasteiger partial charge in [0.1, 0.15) is 0 Å². The third-order valence-corrected chi connectivity index (χ3v) is 5.04. The van der Waals surface area contributed by atoms with E-state index < -0.39 is 0 Å². The number of hydrogen-bond donors (Lipinski definition) is 0. The van der Waals surface area contributed by atoms with E-state index in [1.54, 1.807) is 11.3 Å². The van der Waals surface area contributed by atoms with Gasteiger partial charge in [0.2, 0.25) is 0 Å². The topological polar surface area (TPSA) is 38.1 Å². The first kappa shape index (κ1) is 13.5. The van der Waals surface area contributed by atoms with E-state index >= 15 is 0 Å². The highest BCUT2D eigenvalue weighted by atomic mass is 32.1. The number of pyridine rings is 1. The zero-order valence-electron chi connectivity index (χ0n) is 12.4. The average molecular weight is 311 g/mol. The van der Waals surface area contributed by atoms with Crippen molar-refractivity contribution in [3.05, 3.63) is 52.6 Å². The predicted molar refractivity (Wildman–Crippen MR) is 88.1 cm³/mol. The van der Waals surface area contributed by atoms with Gasteiger partial charge in [-0.05, 0) is 35.9 Å². The van der Waals surface area contributed by atoms with Crippen LogP contribution in [0, 0.1) is 5.92 Å². The van der Waals surface area contributed by atoms with Crippen LogP contribution in [0.5, 0.6) is 0 Å². The summed E-state index contributed by atoms with van der Waals surface area (Å²) in [4.78, 5) is 18.7. The molecule has 0 spiro atoms. The first-order valence-electron chi connectivity index (χ1n) is 7.43. The summed E-state index contributed by atoms with van der Waals surface area (Å²) in [5.74, 6) is 0.665. The molecule has 4 rings (SSSR count). The first-order chi connectivity index (χ1) is 10.7. The molecule has 0 atom stereocenters.